The number of aryl methyl sites for hydroxylation is 1. The third-order valence-electron chi connectivity index (χ3n) is 4.45. The Kier molecular flexibility index (Phi) is 5.94. The number of hydrogen-bond donors (Lipinski definition) is 1. The summed E-state index contributed by atoms with van der Waals surface area (Å²) in [6.07, 6.45) is 1.51. The maximum atomic E-state index is 12.6. The molecule has 0 saturated heterocycles. The Bertz CT molecular complexity index is 1020. The summed E-state index contributed by atoms with van der Waals surface area (Å²) < 4.78 is 1.10. The SMILES string of the molecule is Cc1cccc(COn2cccc(C(=O)Nc3ccc(C(C)C)cc3)c2=O)c1. The van der Waals surface area contributed by atoms with Crippen LogP contribution in [-0.2, 0) is 6.61 Å². The number of rotatable bonds is 6. The Morgan fingerprint density at radius 2 is 1.82 bits per heavy atom. The topological polar surface area (TPSA) is 60.3 Å². The molecule has 1 aromatic heterocycles. The van der Waals surface area contributed by atoms with Crippen LogP contribution < -0.4 is 15.7 Å². The molecule has 1 amide bonds. The molecule has 0 bridgehead atoms. The Balaban J connectivity index is 1.72. The molecule has 144 valence electrons. The zero-order chi connectivity index (χ0) is 20.1. The smallest absolute Gasteiger partial charge is 0.295 e. The predicted octanol–water partition coefficient (Wildman–Crippen LogP) is 4.16. The van der Waals surface area contributed by atoms with E-state index >= 15 is 0 Å². The van der Waals surface area contributed by atoms with Gasteiger partial charge in [0.2, 0.25) is 0 Å². The van der Waals surface area contributed by atoms with Gasteiger partial charge in [-0.15, -0.1) is 0 Å². The maximum absolute atomic E-state index is 12.6. The van der Waals surface area contributed by atoms with Gasteiger partial charge in [0.05, 0.1) is 0 Å². The highest BCUT2D eigenvalue weighted by Gasteiger charge is 2.13. The minimum Gasteiger partial charge on any atom is -0.406 e. The van der Waals surface area contributed by atoms with E-state index in [9.17, 15) is 9.59 Å². The molecular weight excluding hydrogens is 352 g/mol. The molecular formula is C23H24N2O3. The monoisotopic (exact) mass is 376 g/mol. The lowest BCUT2D eigenvalue weighted by Gasteiger charge is -2.11. The van der Waals surface area contributed by atoms with Crippen LogP contribution in [-0.4, -0.2) is 10.6 Å². The van der Waals surface area contributed by atoms with Crippen LogP contribution >= 0.6 is 0 Å². The average molecular weight is 376 g/mol. The fourth-order valence-electron chi connectivity index (χ4n) is 2.85. The summed E-state index contributed by atoms with van der Waals surface area (Å²) in [4.78, 5) is 30.7. The maximum Gasteiger partial charge on any atom is 0.295 e. The van der Waals surface area contributed by atoms with E-state index in [2.05, 4.69) is 19.2 Å². The van der Waals surface area contributed by atoms with Gasteiger partial charge in [-0.2, -0.15) is 4.73 Å². The highest BCUT2D eigenvalue weighted by molar-refractivity contribution is 6.03. The molecule has 0 unspecified atom stereocenters. The Morgan fingerprint density at radius 3 is 2.50 bits per heavy atom. The van der Waals surface area contributed by atoms with Crippen molar-refractivity contribution >= 4 is 11.6 Å². The van der Waals surface area contributed by atoms with Crippen molar-refractivity contribution in [2.75, 3.05) is 5.32 Å². The molecule has 0 aliphatic rings. The molecule has 5 nitrogen and oxygen atoms in total. The van der Waals surface area contributed by atoms with Crippen molar-refractivity contribution in [1.82, 2.24) is 4.73 Å². The highest BCUT2D eigenvalue weighted by atomic mass is 16.7. The van der Waals surface area contributed by atoms with Gasteiger partial charge in [0, 0.05) is 11.9 Å². The van der Waals surface area contributed by atoms with Crippen molar-refractivity contribution in [3.05, 3.63) is 99.5 Å². The van der Waals surface area contributed by atoms with Gasteiger partial charge in [0.1, 0.15) is 12.2 Å². The summed E-state index contributed by atoms with van der Waals surface area (Å²) in [5.41, 5.74) is 3.43. The van der Waals surface area contributed by atoms with E-state index in [1.165, 1.54) is 17.8 Å². The van der Waals surface area contributed by atoms with E-state index < -0.39 is 11.5 Å². The number of amides is 1. The van der Waals surface area contributed by atoms with E-state index in [1.54, 1.807) is 6.07 Å². The lowest BCUT2D eigenvalue weighted by atomic mass is 10.0. The van der Waals surface area contributed by atoms with E-state index in [0.717, 1.165) is 15.9 Å². The third kappa shape index (κ3) is 4.68. The molecule has 5 heteroatoms. The van der Waals surface area contributed by atoms with Crippen molar-refractivity contribution in [2.45, 2.75) is 33.3 Å². The molecule has 0 atom stereocenters. The lowest BCUT2D eigenvalue weighted by molar-refractivity contribution is 0.0863. The summed E-state index contributed by atoms with van der Waals surface area (Å²) in [6, 6.07) is 18.6. The van der Waals surface area contributed by atoms with E-state index in [4.69, 9.17) is 4.84 Å². The van der Waals surface area contributed by atoms with Crippen LogP contribution in [0.3, 0.4) is 0 Å². The first-order valence-corrected chi connectivity index (χ1v) is 9.26. The number of pyridine rings is 1. The average Bonchev–Trinajstić information content (AvgIpc) is 2.67. The summed E-state index contributed by atoms with van der Waals surface area (Å²) in [7, 11) is 0. The van der Waals surface area contributed by atoms with Crippen molar-refractivity contribution in [3.8, 4) is 0 Å². The summed E-state index contributed by atoms with van der Waals surface area (Å²) in [6.45, 7) is 6.45. The van der Waals surface area contributed by atoms with Gasteiger partial charge in [-0.05, 0) is 48.2 Å². The van der Waals surface area contributed by atoms with Crippen molar-refractivity contribution in [3.63, 3.8) is 0 Å². The van der Waals surface area contributed by atoms with Crippen molar-refractivity contribution < 1.29 is 9.63 Å². The second-order valence-electron chi connectivity index (χ2n) is 7.05. The largest absolute Gasteiger partial charge is 0.406 e. The third-order valence-corrected chi connectivity index (χ3v) is 4.45. The van der Waals surface area contributed by atoms with Crippen LogP contribution in [0.1, 0.15) is 46.8 Å². The van der Waals surface area contributed by atoms with Crippen LogP contribution in [0.2, 0.25) is 0 Å². The molecule has 0 aliphatic carbocycles. The predicted molar refractivity (Wildman–Crippen MR) is 111 cm³/mol. The van der Waals surface area contributed by atoms with Gasteiger partial charge in [0.15, 0.2) is 0 Å². The van der Waals surface area contributed by atoms with Gasteiger partial charge < -0.3 is 10.2 Å². The fourth-order valence-corrected chi connectivity index (χ4v) is 2.85. The number of carbonyl (C=O) groups is 1. The normalized spacial score (nSPS) is 10.7. The number of benzene rings is 2. The zero-order valence-corrected chi connectivity index (χ0v) is 16.3. The first kappa shape index (κ1) is 19.4. The van der Waals surface area contributed by atoms with Gasteiger partial charge in [-0.1, -0.05) is 55.8 Å². The van der Waals surface area contributed by atoms with Crippen LogP contribution in [0.5, 0.6) is 0 Å². The van der Waals surface area contributed by atoms with Crippen LogP contribution in [0.15, 0.2) is 71.7 Å². The van der Waals surface area contributed by atoms with Crippen LogP contribution in [0.4, 0.5) is 5.69 Å². The number of nitrogens with zero attached hydrogens (tertiary/aromatic N) is 1. The second-order valence-corrected chi connectivity index (χ2v) is 7.05. The molecule has 0 radical (unpaired) electrons. The number of carbonyl (C=O) groups excluding carboxylic acids is 1. The number of anilines is 1. The molecule has 3 aromatic rings. The Labute approximate surface area is 164 Å². The molecule has 1 N–H and O–H groups in total. The standard InChI is InChI=1S/C23H24N2O3/c1-16(2)19-9-11-20(12-10-19)24-22(26)21-8-5-13-25(23(21)27)28-15-18-7-4-6-17(3)14-18/h4-14,16H,15H2,1-3H3,(H,24,26). The van der Waals surface area contributed by atoms with Crippen LogP contribution in [0.25, 0.3) is 0 Å². The van der Waals surface area contributed by atoms with Crippen molar-refractivity contribution in [1.29, 1.82) is 0 Å². The lowest BCUT2D eigenvalue weighted by Crippen LogP contribution is -2.32. The molecule has 0 spiro atoms. The zero-order valence-electron chi connectivity index (χ0n) is 16.3. The Hall–Kier alpha value is -3.34. The van der Waals surface area contributed by atoms with Gasteiger partial charge in [-0.3, -0.25) is 9.59 Å². The molecule has 0 saturated carbocycles. The molecule has 0 fully saturated rings. The van der Waals surface area contributed by atoms with Crippen molar-refractivity contribution in [2.24, 2.45) is 0 Å². The first-order valence-electron chi connectivity index (χ1n) is 9.26. The minimum atomic E-state index is -0.494. The summed E-state index contributed by atoms with van der Waals surface area (Å²) in [5.74, 6) is -0.0487. The molecule has 0 aliphatic heterocycles. The molecule has 2 aromatic carbocycles. The quantitative estimate of drug-likeness (QED) is 0.703. The van der Waals surface area contributed by atoms with Gasteiger partial charge in [0.25, 0.3) is 11.5 Å². The van der Waals surface area contributed by atoms with E-state index in [1.807, 2.05) is 55.5 Å². The van der Waals surface area contributed by atoms with Gasteiger partial charge >= 0.3 is 0 Å². The molecule has 28 heavy (non-hydrogen) atoms. The summed E-state index contributed by atoms with van der Waals surface area (Å²) >= 11 is 0. The first-order chi connectivity index (χ1) is 13.4. The Morgan fingerprint density at radius 1 is 1.07 bits per heavy atom. The summed E-state index contributed by atoms with van der Waals surface area (Å²) in [5, 5.41) is 2.77. The molecule has 3 rings (SSSR count). The number of nitrogens with one attached hydrogen (secondary N) is 1. The fraction of sp³-hybridized carbons (Fsp3) is 0.217. The second kappa shape index (κ2) is 8.57. The number of hydrogen-bond acceptors (Lipinski definition) is 3. The van der Waals surface area contributed by atoms with E-state index in [-0.39, 0.29) is 12.2 Å². The highest BCUT2D eigenvalue weighted by Crippen LogP contribution is 2.17. The van der Waals surface area contributed by atoms with E-state index in [0.29, 0.717) is 11.6 Å². The minimum absolute atomic E-state index is 0.0275. The molecule has 1 heterocycles. The number of aromatic nitrogens is 1. The van der Waals surface area contributed by atoms with Gasteiger partial charge in [-0.25, -0.2) is 0 Å². The van der Waals surface area contributed by atoms with Crippen LogP contribution in [0, 0.1) is 6.92 Å².